The molecule has 90 valence electrons. The van der Waals surface area contributed by atoms with Crippen LogP contribution >= 0.6 is 0 Å². The molecule has 0 aliphatic carbocycles. The van der Waals surface area contributed by atoms with Crippen LogP contribution in [0.25, 0.3) is 0 Å². The lowest BCUT2D eigenvalue weighted by Crippen LogP contribution is -2.30. The minimum Gasteiger partial charge on any atom is -0.350 e. The van der Waals surface area contributed by atoms with E-state index in [1.165, 1.54) is 0 Å². The lowest BCUT2D eigenvalue weighted by molar-refractivity contribution is -0.116. The number of benzene rings is 1. The smallest absolute Gasteiger partial charge is 0.223 e. The Morgan fingerprint density at radius 3 is 2.71 bits per heavy atom. The summed E-state index contributed by atoms with van der Waals surface area (Å²) in [5.41, 5.74) is 2.14. The van der Waals surface area contributed by atoms with Crippen LogP contribution in [-0.4, -0.2) is 32.0 Å². The number of fused-ring (bicyclic) bond motifs is 1. The molecule has 4 heteroatoms. The molecular formula is C13H15NO3. The second-order valence-electron chi connectivity index (χ2n) is 4.40. The third-order valence-electron chi connectivity index (χ3n) is 3.36. The molecule has 2 aliphatic rings. The Kier molecular flexibility index (Phi) is 2.61. The van der Waals surface area contributed by atoms with E-state index in [0.717, 1.165) is 11.3 Å². The number of ether oxygens (including phenoxy) is 2. The van der Waals surface area contributed by atoms with Crippen LogP contribution in [0.15, 0.2) is 24.3 Å². The average Bonchev–Trinajstić information content (AvgIpc) is 2.95. The van der Waals surface area contributed by atoms with Crippen molar-refractivity contribution in [2.45, 2.75) is 19.1 Å². The molecule has 1 fully saturated rings. The average molecular weight is 233 g/mol. The first kappa shape index (κ1) is 10.7. The van der Waals surface area contributed by atoms with Crippen molar-refractivity contribution in [1.29, 1.82) is 0 Å². The number of carbonyl (C=O) groups excluding carboxylic acids is 1. The minimum absolute atomic E-state index is 0.0675. The van der Waals surface area contributed by atoms with Crippen LogP contribution in [0.5, 0.6) is 0 Å². The fourth-order valence-corrected chi connectivity index (χ4v) is 2.58. The van der Waals surface area contributed by atoms with Crippen LogP contribution in [0.3, 0.4) is 0 Å². The van der Waals surface area contributed by atoms with Crippen molar-refractivity contribution in [3.63, 3.8) is 0 Å². The van der Waals surface area contributed by atoms with E-state index < -0.39 is 0 Å². The Hall–Kier alpha value is -1.39. The zero-order valence-electron chi connectivity index (χ0n) is 9.76. The first-order chi connectivity index (χ1) is 8.27. The molecule has 1 unspecified atom stereocenters. The van der Waals surface area contributed by atoms with Gasteiger partial charge in [-0.05, 0) is 11.6 Å². The summed E-state index contributed by atoms with van der Waals surface area (Å²) in [4.78, 5) is 13.4. The van der Waals surface area contributed by atoms with E-state index in [4.69, 9.17) is 9.47 Å². The highest BCUT2D eigenvalue weighted by atomic mass is 16.7. The summed E-state index contributed by atoms with van der Waals surface area (Å²) in [6.45, 7) is 3.53. The van der Waals surface area contributed by atoms with Crippen LogP contribution in [0.2, 0.25) is 0 Å². The quantitative estimate of drug-likeness (QED) is 0.738. The minimum atomic E-state index is -0.208. The second-order valence-corrected chi connectivity index (χ2v) is 4.40. The molecule has 2 aliphatic heterocycles. The van der Waals surface area contributed by atoms with E-state index >= 15 is 0 Å². The predicted molar refractivity (Wildman–Crippen MR) is 62.9 cm³/mol. The molecule has 1 amide bonds. The summed E-state index contributed by atoms with van der Waals surface area (Å²) in [7, 11) is 0. The Morgan fingerprint density at radius 1 is 1.29 bits per heavy atom. The number of carbonyl (C=O) groups is 1. The molecule has 17 heavy (non-hydrogen) atoms. The largest absolute Gasteiger partial charge is 0.350 e. The standard InChI is InChI=1S/C13H15NO3/c1-9(15)14-8-11(13-16-6-7-17-13)10-4-2-3-5-12(10)14/h2-5,11,13H,6-8H2,1H3. The van der Waals surface area contributed by atoms with Crippen molar-refractivity contribution >= 4 is 11.6 Å². The fourth-order valence-electron chi connectivity index (χ4n) is 2.58. The van der Waals surface area contributed by atoms with Gasteiger partial charge in [0.15, 0.2) is 6.29 Å². The van der Waals surface area contributed by atoms with Gasteiger partial charge < -0.3 is 14.4 Å². The molecule has 0 spiro atoms. The van der Waals surface area contributed by atoms with Gasteiger partial charge in [-0.1, -0.05) is 18.2 Å². The zero-order chi connectivity index (χ0) is 11.8. The molecule has 4 nitrogen and oxygen atoms in total. The SMILES string of the molecule is CC(=O)N1CC(C2OCCO2)c2ccccc21. The van der Waals surface area contributed by atoms with Gasteiger partial charge in [0.2, 0.25) is 5.91 Å². The van der Waals surface area contributed by atoms with E-state index in [-0.39, 0.29) is 18.1 Å². The van der Waals surface area contributed by atoms with Gasteiger partial charge in [0.05, 0.1) is 19.1 Å². The van der Waals surface area contributed by atoms with Gasteiger partial charge in [-0.2, -0.15) is 0 Å². The summed E-state index contributed by atoms with van der Waals surface area (Å²) in [5.74, 6) is 0.204. The Morgan fingerprint density at radius 2 is 2.00 bits per heavy atom. The third kappa shape index (κ3) is 1.73. The number of anilines is 1. The first-order valence-electron chi connectivity index (χ1n) is 5.87. The van der Waals surface area contributed by atoms with Crippen LogP contribution < -0.4 is 4.90 Å². The van der Waals surface area contributed by atoms with Gasteiger partial charge in [-0.15, -0.1) is 0 Å². The van der Waals surface area contributed by atoms with Crippen molar-refractivity contribution in [3.05, 3.63) is 29.8 Å². The molecule has 1 aromatic rings. The monoisotopic (exact) mass is 233 g/mol. The number of amides is 1. The number of nitrogens with zero attached hydrogens (tertiary/aromatic N) is 1. The summed E-state index contributed by atoms with van der Waals surface area (Å²) in [5, 5.41) is 0. The van der Waals surface area contributed by atoms with Gasteiger partial charge in [0, 0.05) is 19.2 Å². The van der Waals surface area contributed by atoms with Crippen molar-refractivity contribution in [1.82, 2.24) is 0 Å². The van der Waals surface area contributed by atoms with Gasteiger partial charge in [-0.25, -0.2) is 0 Å². The molecule has 0 aromatic heterocycles. The Labute approximate surface area is 100 Å². The van der Waals surface area contributed by atoms with Gasteiger partial charge in [-0.3, -0.25) is 4.79 Å². The van der Waals surface area contributed by atoms with Crippen LogP contribution in [0.4, 0.5) is 5.69 Å². The molecule has 0 bridgehead atoms. The van der Waals surface area contributed by atoms with Gasteiger partial charge in [0.25, 0.3) is 0 Å². The van der Waals surface area contributed by atoms with Crippen molar-refractivity contribution in [3.8, 4) is 0 Å². The van der Waals surface area contributed by atoms with Crippen LogP contribution in [0.1, 0.15) is 18.4 Å². The Bertz CT molecular complexity index is 440. The normalized spacial score (nSPS) is 24.1. The van der Waals surface area contributed by atoms with Gasteiger partial charge in [0.1, 0.15) is 0 Å². The number of hydrogen-bond donors (Lipinski definition) is 0. The highest BCUT2D eigenvalue weighted by Crippen LogP contribution is 2.39. The second kappa shape index (κ2) is 4.13. The molecule has 2 heterocycles. The van der Waals surface area contributed by atoms with Crippen LogP contribution in [-0.2, 0) is 14.3 Å². The molecule has 1 saturated heterocycles. The predicted octanol–water partition coefficient (Wildman–Crippen LogP) is 1.51. The van der Waals surface area contributed by atoms with Crippen molar-refractivity contribution in [2.24, 2.45) is 0 Å². The van der Waals surface area contributed by atoms with E-state index in [2.05, 4.69) is 0 Å². The number of para-hydroxylation sites is 1. The Balaban J connectivity index is 1.96. The van der Waals surface area contributed by atoms with E-state index in [1.54, 1.807) is 11.8 Å². The summed E-state index contributed by atoms with van der Waals surface area (Å²) in [6.07, 6.45) is -0.208. The fraction of sp³-hybridized carbons (Fsp3) is 0.462. The highest BCUT2D eigenvalue weighted by molar-refractivity contribution is 5.94. The lowest BCUT2D eigenvalue weighted by Gasteiger charge is -2.18. The molecule has 0 saturated carbocycles. The number of rotatable bonds is 1. The molecule has 1 aromatic carbocycles. The lowest BCUT2D eigenvalue weighted by atomic mass is 10.0. The van der Waals surface area contributed by atoms with Crippen molar-refractivity contribution in [2.75, 3.05) is 24.7 Å². The summed E-state index contributed by atoms with van der Waals surface area (Å²) in [6, 6.07) is 7.97. The summed E-state index contributed by atoms with van der Waals surface area (Å²) >= 11 is 0. The molecule has 0 N–H and O–H groups in total. The topological polar surface area (TPSA) is 38.8 Å². The van der Waals surface area contributed by atoms with Gasteiger partial charge >= 0.3 is 0 Å². The zero-order valence-corrected chi connectivity index (χ0v) is 9.76. The maximum absolute atomic E-state index is 11.6. The third-order valence-corrected chi connectivity index (χ3v) is 3.36. The number of hydrogen-bond acceptors (Lipinski definition) is 3. The van der Waals surface area contributed by atoms with E-state index in [1.807, 2.05) is 24.3 Å². The molecule has 1 atom stereocenters. The molecular weight excluding hydrogens is 218 g/mol. The molecule has 0 radical (unpaired) electrons. The maximum Gasteiger partial charge on any atom is 0.223 e. The molecule has 3 rings (SSSR count). The maximum atomic E-state index is 11.6. The first-order valence-corrected chi connectivity index (χ1v) is 5.87. The van der Waals surface area contributed by atoms with E-state index in [9.17, 15) is 4.79 Å². The van der Waals surface area contributed by atoms with Crippen molar-refractivity contribution < 1.29 is 14.3 Å². The van der Waals surface area contributed by atoms with E-state index in [0.29, 0.717) is 19.8 Å². The summed E-state index contributed by atoms with van der Waals surface area (Å²) < 4.78 is 11.1. The van der Waals surface area contributed by atoms with Crippen LogP contribution in [0, 0.1) is 0 Å². The highest BCUT2D eigenvalue weighted by Gasteiger charge is 2.38.